The molecule has 4 heteroatoms. The SMILES string of the molecule is COCCCCNC(C)c1ccc(F)c(Cl)c1. The van der Waals surface area contributed by atoms with E-state index < -0.39 is 0 Å². The van der Waals surface area contributed by atoms with Gasteiger partial charge in [-0.15, -0.1) is 0 Å². The summed E-state index contributed by atoms with van der Waals surface area (Å²) >= 11 is 5.74. The summed E-state index contributed by atoms with van der Waals surface area (Å²) in [5, 5.41) is 3.54. The van der Waals surface area contributed by atoms with Gasteiger partial charge < -0.3 is 10.1 Å². The van der Waals surface area contributed by atoms with Crippen molar-refractivity contribution in [1.29, 1.82) is 0 Å². The van der Waals surface area contributed by atoms with Crippen LogP contribution in [0.3, 0.4) is 0 Å². The number of hydrogen-bond acceptors (Lipinski definition) is 2. The molecule has 0 heterocycles. The van der Waals surface area contributed by atoms with E-state index in [0.29, 0.717) is 0 Å². The molecule has 1 rings (SSSR count). The Kier molecular flexibility index (Phi) is 6.48. The van der Waals surface area contributed by atoms with E-state index in [0.717, 1.165) is 31.6 Å². The van der Waals surface area contributed by atoms with Gasteiger partial charge in [-0.1, -0.05) is 17.7 Å². The van der Waals surface area contributed by atoms with Crippen molar-refractivity contribution in [3.05, 3.63) is 34.6 Å². The molecule has 0 radical (unpaired) electrons. The Balaban J connectivity index is 2.36. The number of halogens is 2. The van der Waals surface area contributed by atoms with Crippen molar-refractivity contribution in [3.8, 4) is 0 Å². The van der Waals surface area contributed by atoms with E-state index >= 15 is 0 Å². The molecule has 0 saturated carbocycles. The molecule has 1 unspecified atom stereocenters. The molecule has 96 valence electrons. The third kappa shape index (κ3) is 5.02. The van der Waals surface area contributed by atoms with Gasteiger partial charge in [-0.25, -0.2) is 4.39 Å². The fourth-order valence-corrected chi connectivity index (χ4v) is 1.78. The van der Waals surface area contributed by atoms with Gasteiger partial charge in [0.05, 0.1) is 5.02 Å². The number of rotatable bonds is 7. The highest BCUT2D eigenvalue weighted by atomic mass is 35.5. The summed E-state index contributed by atoms with van der Waals surface area (Å²) < 4.78 is 18.0. The third-order valence-electron chi connectivity index (χ3n) is 2.67. The molecule has 0 aliphatic heterocycles. The lowest BCUT2D eigenvalue weighted by Crippen LogP contribution is -2.20. The summed E-state index contributed by atoms with van der Waals surface area (Å²) in [6.45, 7) is 3.75. The van der Waals surface area contributed by atoms with Gasteiger partial charge >= 0.3 is 0 Å². The highest BCUT2D eigenvalue weighted by molar-refractivity contribution is 6.30. The van der Waals surface area contributed by atoms with Crippen LogP contribution in [-0.4, -0.2) is 20.3 Å². The van der Waals surface area contributed by atoms with Crippen LogP contribution in [0.2, 0.25) is 5.02 Å². The molecule has 0 spiro atoms. The molecule has 0 aliphatic carbocycles. The molecule has 2 nitrogen and oxygen atoms in total. The van der Waals surface area contributed by atoms with E-state index in [1.807, 2.05) is 6.92 Å². The van der Waals surface area contributed by atoms with E-state index in [1.54, 1.807) is 19.2 Å². The number of ether oxygens (including phenoxy) is 1. The van der Waals surface area contributed by atoms with Crippen LogP contribution in [0.25, 0.3) is 0 Å². The third-order valence-corrected chi connectivity index (χ3v) is 2.96. The molecule has 0 amide bonds. The summed E-state index contributed by atoms with van der Waals surface area (Å²) in [6, 6.07) is 5.01. The maximum Gasteiger partial charge on any atom is 0.141 e. The standard InChI is InChI=1S/C13H19ClFNO/c1-10(16-7-3-4-8-17-2)11-5-6-13(15)12(14)9-11/h5-6,9-10,16H,3-4,7-8H2,1-2H3. The van der Waals surface area contributed by atoms with Crippen molar-refractivity contribution < 1.29 is 9.13 Å². The molecule has 0 saturated heterocycles. The van der Waals surface area contributed by atoms with Crippen molar-refractivity contribution in [2.45, 2.75) is 25.8 Å². The van der Waals surface area contributed by atoms with Crippen LogP contribution in [0.15, 0.2) is 18.2 Å². The number of unbranched alkanes of at least 4 members (excludes halogenated alkanes) is 1. The normalized spacial score (nSPS) is 12.7. The molecule has 0 aromatic heterocycles. The highest BCUT2D eigenvalue weighted by Gasteiger charge is 2.07. The Hall–Kier alpha value is -0.640. The van der Waals surface area contributed by atoms with Gasteiger partial charge in [0.15, 0.2) is 0 Å². The first kappa shape index (κ1) is 14.4. The molecule has 17 heavy (non-hydrogen) atoms. The van der Waals surface area contributed by atoms with E-state index in [1.165, 1.54) is 6.07 Å². The van der Waals surface area contributed by atoms with Gasteiger partial charge in [0.25, 0.3) is 0 Å². The van der Waals surface area contributed by atoms with Crippen molar-refractivity contribution in [3.63, 3.8) is 0 Å². The van der Waals surface area contributed by atoms with E-state index in [9.17, 15) is 4.39 Å². The zero-order valence-electron chi connectivity index (χ0n) is 10.3. The average molecular weight is 260 g/mol. The molecule has 0 bridgehead atoms. The molecular formula is C13H19ClFNO. The second kappa shape index (κ2) is 7.64. The Morgan fingerprint density at radius 3 is 2.82 bits per heavy atom. The zero-order valence-corrected chi connectivity index (χ0v) is 11.1. The minimum Gasteiger partial charge on any atom is -0.385 e. The van der Waals surface area contributed by atoms with Gasteiger partial charge in [-0.05, 0) is 44.0 Å². The summed E-state index contributed by atoms with van der Waals surface area (Å²) in [5.41, 5.74) is 1.00. The first-order chi connectivity index (χ1) is 8.15. The molecule has 0 aliphatic rings. The van der Waals surface area contributed by atoms with Crippen molar-refractivity contribution >= 4 is 11.6 Å². The lowest BCUT2D eigenvalue weighted by molar-refractivity contribution is 0.192. The largest absolute Gasteiger partial charge is 0.385 e. The van der Waals surface area contributed by atoms with Crippen LogP contribution in [0.4, 0.5) is 4.39 Å². The van der Waals surface area contributed by atoms with Crippen LogP contribution in [0, 0.1) is 5.82 Å². The zero-order chi connectivity index (χ0) is 12.7. The Morgan fingerprint density at radius 2 is 2.18 bits per heavy atom. The van der Waals surface area contributed by atoms with Gasteiger partial charge in [0, 0.05) is 19.8 Å². The van der Waals surface area contributed by atoms with E-state index in [-0.39, 0.29) is 16.9 Å². The smallest absolute Gasteiger partial charge is 0.141 e. The predicted molar refractivity (Wildman–Crippen MR) is 68.9 cm³/mol. The average Bonchev–Trinajstić information content (AvgIpc) is 2.32. The fraction of sp³-hybridized carbons (Fsp3) is 0.538. The molecule has 1 aromatic carbocycles. The Bertz CT molecular complexity index is 346. The highest BCUT2D eigenvalue weighted by Crippen LogP contribution is 2.20. The quantitative estimate of drug-likeness (QED) is 0.756. The van der Waals surface area contributed by atoms with Crippen LogP contribution in [0.1, 0.15) is 31.4 Å². The molecule has 1 aromatic rings. The lowest BCUT2D eigenvalue weighted by atomic mass is 10.1. The molecular weight excluding hydrogens is 241 g/mol. The minimum atomic E-state index is -0.372. The number of methoxy groups -OCH3 is 1. The summed E-state index contributed by atoms with van der Waals surface area (Å²) in [4.78, 5) is 0. The van der Waals surface area contributed by atoms with Crippen LogP contribution in [-0.2, 0) is 4.74 Å². The number of benzene rings is 1. The van der Waals surface area contributed by atoms with Crippen LogP contribution < -0.4 is 5.32 Å². The molecule has 0 fully saturated rings. The van der Waals surface area contributed by atoms with Crippen molar-refractivity contribution in [1.82, 2.24) is 5.32 Å². The lowest BCUT2D eigenvalue weighted by Gasteiger charge is -2.14. The summed E-state index contributed by atoms with van der Waals surface area (Å²) in [7, 11) is 1.70. The Labute approximate surface area is 107 Å². The maximum absolute atomic E-state index is 13.0. The molecule has 1 N–H and O–H groups in total. The second-order valence-corrected chi connectivity index (χ2v) is 4.46. The minimum absolute atomic E-state index is 0.176. The number of nitrogens with one attached hydrogen (secondary N) is 1. The Morgan fingerprint density at radius 1 is 1.41 bits per heavy atom. The van der Waals surface area contributed by atoms with Gasteiger partial charge in [-0.3, -0.25) is 0 Å². The topological polar surface area (TPSA) is 21.3 Å². The van der Waals surface area contributed by atoms with Gasteiger partial charge in [0.1, 0.15) is 5.82 Å². The first-order valence-corrected chi connectivity index (χ1v) is 6.20. The van der Waals surface area contributed by atoms with Crippen LogP contribution >= 0.6 is 11.6 Å². The van der Waals surface area contributed by atoms with E-state index in [4.69, 9.17) is 16.3 Å². The van der Waals surface area contributed by atoms with E-state index in [2.05, 4.69) is 5.32 Å². The van der Waals surface area contributed by atoms with Gasteiger partial charge in [-0.2, -0.15) is 0 Å². The summed E-state index contributed by atoms with van der Waals surface area (Å²) in [5.74, 6) is -0.372. The maximum atomic E-state index is 13.0. The fourth-order valence-electron chi connectivity index (χ4n) is 1.59. The second-order valence-electron chi connectivity index (χ2n) is 4.05. The van der Waals surface area contributed by atoms with Crippen LogP contribution in [0.5, 0.6) is 0 Å². The summed E-state index contributed by atoms with van der Waals surface area (Å²) in [6.07, 6.45) is 2.10. The van der Waals surface area contributed by atoms with Crippen molar-refractivity contribution in [2.75, 3.05) is 20.3 Å². The number of hydrogen-bond donors (Lipinski definition) is 1. The monoisotopic (exact) mass is 259 g/mol. The first-order valence-electron chi connectivity index (χ1n) is 5.82. The van der Waals surface area contributed by atoms with Gasteiger partial charge in [0.2, 0.25) is 0 Å². The molecule has 1 atom stereocenters. The predicted octanol–water partition coefficient (Wildman–Crippen LogP) is 3.56. The van der Waals surface area contributed by atoms with Crippen molar-refractivity contribution in [2.24, 2.45) is 0 Å².